The molecule has 2 aromatic heterocycles. The summed E-state index contributed by atoms with van der Waals surface area (Å²) in [4.78, 5) is 19.6. The third-order valence-electron chi connectivity index (χ3n) is 2.13. The van der Waals surface area contributed by atoms with Crippen LogP contribution in [0.1, 0.15) is 5.56 Å². The lowest BCUT2D eigenvalue weighted by Gasteiger charge is -2.06. The van der Waals surface area contributed by atoms with Crippen LogP contribution in [0.4, 0.5) is 5.82 Å². The van der Waals surface area contributed by atoms with Crippen molar-refractivity contribution in [2.75, 3.05) is 5.73 Å². The number of anilines is 1. The lowest BCUT2D eigenvalue weighted by Crippen LogP contribution is -2.21. The molecule has 0 fully saturated rings. The molecule has 0 bridgehead atoms. The number of hydrogen-bond donors (Lipinski definition) is 1. The minimum Gasteiger partial charge on any atom is -0.383 e. The molecule has 0 aliphatic carbocycles. The van der Waals surface area contributed by atoms with Crippen molar-refractivity contribution in [2.24, 2.45) is 0 Å². The molecule has 0 spiro atoms. The van der Waals surface area contributed by atoms with E-state index < -0.39 is 0 Å². The highest BCUT2D eigenvalue weighted by molar-refractivity contribution is 9.10. The van der Waals surface area contributed by atoms with Crippen molar-refractivity contribution in [1.29, 1.82) is 0 Å². The van der Waals surface area contributed by atoms with E-state index in [-0.39, 0.29) is 5.56 Å². The predicted octanol–water partition coefficient (Wildman–Crippen LogP) is 1.03. The third-order valence-corrected chi connectivity index (χ3v) is 2.67. The van der Waals surface area contributed by atoms with E-state index in [0.29, 0.717) is 16.8 Å². The van der Waals surface area contributed by atoms with Gasteiger partial charge in [-0.15, -0.1) is 0 Å². The number of halogens is 1. The molecule has 2 rings (SSSR count). The van der Waals surface area contributed by atoms with Gasteiger partial charge in [0.2, 0.25) is 0 Å². The minimum atomic E-state index is -0.141. The van der Waals surface area contributed by atoms with Gasteiger partial charge in [0.15, 0.2) is 0 Å². The lowest BCUT2D eigenvalue weighted by molar-refractivity contribution is 0.730. The molecule has 6 heteroatoms. The molecule has 0 aliphatic rings. The Balaban J connectivity index is 2.39. The van der Waals surface area contributed by atoms with Crippen LogP contribution < -0.4 is 11.3 Å². The van der Waals surface area contributed by atoms with E-state index in [4.69, 9.17) is 5.73 Å². The highest BCUT2D eigenvalue weighted by atomic mass is 79.9. The van der Waals surface area contributed by atoms with E-state index in [9.17, 15) is 4.79 Å². The van der Waals surface area contributed by atoms with E-state index in [1.54, 1.807) is 12.3 Å². The third kappa shape index (κ3) is 2.11. The second-order valence-corrected chi connectivity index (χ2v) is 4.08. The highest BCUT2D eigenvalue weighted by Crippen LogP contribution is 2.08. The summed E-state index contributed by atoms with van der Waals surface area (Å²) in [6.45, 7) is 0.366. The van der Waals surface area contributed by atoms with E-state index >= 15 is 0 Å². The molecule has 0 aliphatic heterocycles. The molecule has 2 heterocycles. The average molecular weight is 281 g/mol. The molecule has 2 N–H and O–H groups in total. The van der Waals surface area contributed by atoms with Crippen molar-refractivity contribution in [3.8, 4) is 0 Å². The summed E-state index contributed by atoms with van der Waals surface area (Å²) in [5.41, 5.74) is 6.35. The summed E-state index contributed by atoms with van der Waals surface area (Å²) >= 11 is 3.14. The van der Waals surface area contributed by atoms with Crippen molar-refractivity contribution < 1.29 is 0 Å². The highest BCUT2D eigenvalue weighted by Gasteiger charge is 2.04. The fourth-order valence-electron chi connectivity index (χ4n) is 1.30. The zero-order chi connectivity index (χ0) is 11.5. The van der Waals surface area contributed by atoms with Gasteiger partial charge in [-0.1, -0.05) is 6.07 Å². The van der Waals surface area contributed by atoms with Crippen LogP contribution in [0.5, 0.6) is 0 Å². The van der Waals surface area contributed by atoms with Crippen LogP contribution in [0.2, 0.25) is 0 Å². The summed E-state index contributed by atoms with van der Waals surface area (Å²) < 4.78 is 1.90. The Labute approximate surface area is 100 Å². The Bertz CT molecular complexity index is 567. The zero-order valence-electron chi connectivity index (χ0n) is 8.30. The molecule has 0 atom stereocenters. The first-order valence-corrected chi connectivity index (χ1v) is 5.37. The molecule has 16 heavy (non-hydrogen) atoms. The van der Waals surface area contributed by atoms with Gasteiger partial charge in [0.1, 0.15) is 10.3 Å². The Morgan fingerprint density at radius 2 is 2.31 bits per heavy atom. The molecule has 0 saturated carbocycles. The van der Waals surface area contributed by atoms with Crippen molar-refractivity contribution in [3.05, 3.63) is 51.2 Å². The summed E-state index contributed by atoms with van der Waals surface area (Å²) in [6, 6.07) is 3.61. The molecule has 2 aromatic rings. The fraction of sp³-hybridized carbons (Fsp3) is 0.100. The van der Waals surface area contributed by atoms with E-state index in [1.807, 2.05) is 6.07 Å². The van der Waals surface area contributed by atoms with Gasteiger partial charge >= 0.3 is 0 Å². The summed E-state index contributed by atoms with van der Waals surface area (Å²) in [5, 5.41) is 0. The van der Waals surface area contributed by atoms with E-state index in [1.165, 1.54) is 17.1 Å². The Morgan fingerprint density at radius 1 is 1.50 bits per heavy atom. The molecule has 0 unspecified atom stereocenters. The van der Waals surface area contributed by atoms with Gasteiger partial charge in [-0.2, -0.15) is 0 Å². The largest absolute Gasteiger partial charge is 0.383 e. The first-order chi connectivity index (χ1) is 7.68. The van der Waals surface area contributed by atoms with Crippen LogP contribution in [0.3, 0.4) is 0 Å². The van der Waals surface area contributed by atoms with Crippen LogP contribution >= 0.6 is 15.9 Å². The van der Waals surface area contributed by atoms with Gasteiger partial charge in [0.25, 0.3) is 5.56 Å². The molecule has 0 aromatic carbocycles. The minimum absolute atomic E-state index is 0.141. The molecule has 0 radical (unpaired) electrons. The summed E-state index contributed by atoms with van der Waals surface area (Å²) in [5.74, 6) is 0.425. The predicted molar refractivity (Wildman–Crippen MR) is 63.9 cm³/mol. The fourth-order valence-corrected chi connectivity index (χ4v) is 1.65. The first kappa shape index (κ1) is 10.8. The van der Waals surface area contributed by atoms with Gasteiger partial charge < -0.3 is 5.73 Å². The second-order valence-electron chi connectivity index (χ2n) is 3.22. The maximum atomic E-state index is 11.7. The van der Waals surface area contributed by atoms with Crippen molar-refractivity contribution in [1.82, 2.24) is 14.5 Å². The van der Waals surface area contributed by atoms with Crippen LogP contribution in [-0.2, 0) is 6.54 Å². The molecule has 5 nitrogen and oxygen atoms in total. The lowest BCUT2D eigenvalue weighted by atomic mass is 10.2. The number of pyridine rings is 1. The van der Waals surface area contributed by atoms with Crippen LogP contribution in [0.25, 0.3) is 0 Å². The SMILES string of the molecule is Nc1ncccc1Cn1cncc(Br)c1=O. The van der Waals surface area contributed by atoms with Gasteiger partial charge in [0.05, 0.1) is 12.9 Å². The zero-order valence-corrected chi connectivity index (χ0v) is 9.89. The van der Waals surface area contributed by atoms with Gasteiger partial charge in [-0.3, -0.25) is 9.36 Å². The van der Waals surface area contributed by atoms with Gasteiger partial charge in [-0.25, -0.2) is 9.97 Å². The van der Waals surface area contributed by atoms with Crippen molar-refractivity contribution in [3.63, 3.8) is 0 Å². The number of rotatable bonds is 2. The molecular formula is C10H9BrN4O. The van der Waals surface area contributed by atoms with E-state index in [2.05, 4.69) is 25.9 Å². The first-order valence-electron chi connectivity index (χ1n) is 4.58. The number of aromatic nitrogens is 3. The average Bonchev–Trinajstić information content (AvgIpc) is 2.28. The van der Waals surface area contributed by atoms with Crippen LogP contribution in [0, 0.1) is 0 Å². The number of nitrogens with zero attached hydrogens (tertiary/aromatic N) is 3. The summed E-state index contributed by atoms with van der Waals surface area (Å²) in [6.07, 6.45) is 4.55. The summed E-state index contributed by atoms with van der Waals surface area (Å²) in [7, 11) is 0. The maximum absolute atomic E-state index is 11.7. The van der Waals surface area contributed by atoms with Crippen LogP contribution in [0.15, 0.2) is 40.1 Å². The maximum Gasteiger partial charge on any atom is 0.267 e. The second kappa shape index (κ2) is 4.44. The standard InChI is InChI=1S/C10H9BrN4O/c11-8-4-13-6-15(10(8)16)5-7-2-1-3-14-9(7)12/h1-4,6H,5H2,(H2,12,14). The Kier molecular flexibility index (Phi) is 3.00. The Hall–Kier alpha value is -1.69. The van der Waals surface area contributed by atoms with Crippen molar-refractivity contribution in [2.45, 2.75) is 6.54 Å². The monoisotopic (exact) mass is 280 g/mol. The molecule has 0 amide bonds. The number of nitrogens with two attached hydrogens (primary N) is 1. The van der Waals surface area contributed by atoms with Gasteiger partial charge in [-0.05, 0) is 22.0 Å². The quantitative estimate of drug-likeness (QED) is 0.892. The number of hydrogen-bond acceptors (Lipinski definition) is 4. The molecule has 0 saturated heterocycles. The Morgan fingerprint density at radius 3 is 3.06 bits per heavy atom. The number of nitrogen functional groups attached to an aromatic ring is 1. The topological polar surface area (TPSA) is 73.8 Å². The van der Waals surface area contributed by atoms with Gasteiger partial charge in [0, 0.05) is 18.0 Å². The van der Waals surface area contributed by atoms with Crippen molar-refractivity contribution >= 4 is 21.7 Å². The van der Waals surface area contributed by atoms with E-state index in [0.717, 1.165) is 5.56 Å². The molecular weight excluding hydrogens is 272 g/mol. The molecule has 82 valence electrons. The smallest absolute Gasteiger partial charge is 0.267 e. The normalized spacial score (nSPS) is 10.3. The van der Waals surface area contributed by atoms with Crippen LogP contribution in [-0.4, -0.2) is 14.5 Å².